The Morgan fingerprint density at radius 3 is 2.57 bits per heavy atom. The minimum absolute atomic E-state index is 0.329. The molecule has 1 aromatic carbocycles. The van der Waals surface area contributed by atoms with E-state index < -0.39 is 5.60 Å². The largest absolute Gasteiger partial charge is 0.457 e. The zero-order valence-electron chi connectivity index (χ0n) is 13.5. The molecule has 0 saturated heterocycles. The average molecular weight is 289 g/mol. The number of benzene rings is 1. The number of hydrogen-bond donors (Lipinski definition) is 1. The van der Waals surface area contributed by atoms with Crippen LogP contribution in [0.5, 0.6) is 0 Å². The minimum Gasteiger partial charge on any atom is -0.457 e. The van der Waals surface area contributed by atoms with Gasteiger partial charge in [0.2, 0.25) is 0 Å². The van der Waals surface area contributed by atoms with Crippen LogP contribution in [-0.4, -0.2) is 30.8 Å². The van der Waals surface area contributed by atoms with Crippen LogP contribution in [0, 0.1) is 6.92 Å². The summed E-state index contributed by atoms with van der Waals surface area (Å²) < 4.78 is 5.27. The molecule has 2 rings (SSSR count). The van der Waals surface area contributed by atoms with Gasteiger partial charge < -0.3 is 4.74 Å². The lowest BCUT2D eigenvalue weighted by Gasteiger charge is -2.19. The van der Waals surface area contributed by atoms with Gasteiger partial charge in [0.15, 0.2) is 0 Å². The Balaban J connectivity index is 2.20. The minimum atomic E-state index is -0.471. The van der Waals surface area contributed by atoms with Crippen LogP contribution in [0.4, 0.5) is 11.4 Å². The fourth-order valence-corrected chi connectivity index (χ4v) is 2.20. The van der Waals surface area contributed by atoms with Crippen LogP contribution in [0.3, 0.4) is 0 Å². The van der Waals surface area contributed by atoms with Crippen molar-refractivity contribution in [1.29, 1.82) is 0 Å². The first kappa shape index (κ1) is 15.4. The molecular weight excluding hydrogens is 266 g/mol. The number of carbonyl (C=O) groups excluding carboxylic acids is 1. The van der Waals surface area contributed by atoms with E-state index in [1.807, 2.05) is 64.0 Å². The second-order valence-corrected chi connectivity index (χ2v) is 6.20. The summed E-state index contributed by atoms with van der Waals surface area (Å²) in [6, 6.07) is 4.04. The first-order valence-corrected chi connectivity index (χ1v) is 6.98. The van der Waals surface area contributed by atoms with E-state index in [1.54, 1.807) is 6.08 Å². The molecule has 5 nitrogen and oxygen atoms in total. The van der Waals surface area contributed by atoms with E-state index in [9.17, 15) is 4.79 Å². The highest BCUT2D eigenvalue weighted by molar-refractivity contribution is 5.89. The van der Waals surface area contributed by atoms with Crippen molar-refractivity contribution in [3.8, 4) is 0 Å². The van der Waals surface area contributed by atoms with Crippen molar-refractivity contribution in [3.63, 3.8) is 0 Å². The topological polar surface area (TPSA) is 44.8 Å². The number of ether oxygens (including phenoxy) is 1. The van der Waals surface area contributed by atoms with Gasteiger partial charge in [-0.1, -0.05) is 6.07 Å². The molecule has 1 aliphatic rings. The monoisotopic (exact) mass is 289 g/mol. The molecule has 0 aromatic heterocycles. The maximum atomic E-state index is 11.7. The molecule has 5 heteroatoms. The van der Waals surface area contributed by atoms with Gasteiger partial charge in [-0.25, -0.2) is 4.79 Å². The molecule has 114 valence electrons. The van der Waals surface area contributed by atoms with Crippen molar-refractivity contribution in [2.45, 2.75) is 33.3 Å². The highest BCUT2D eigenvalue weighted by Crippen LogP contribution is 2.36. The predicted molar refractivity (Wildman–Crippen MR) is 85.8 cm³/mol. The number of esters is 1. The summed E-state index contributed by atoms with van der Waals surface area (Å²) in [4.78, 5) is 11.7. The van der Waals surface area contributed by atoms with Crippen LogP contribution in [0.15, 0.2) is 18.2 Å². The van der Waals surface area contributed by atoms with Gasteiger partial charge >= 0.3 is 5.97 Å². The summed E-state index contributed by atoms with van der Waals surface area (Å²) in [5, 5.41) is 3.95. The predicted octanol–water partition coefficient (Wildman–Crippen LogP) is 2.97. The molecule has 1 heterocycles. The average Bonchev–Trinajstić information content (AvgIpc) is 2.64. The highest BCUT2D eigenvalue weighted by Gasteiger charge is 2.22. The standard InChI is InChI=1S/C16H23N3O2/c1-11-12(8-10-14(20)21-16(2,3)4)7-9-13-15(11)17-19(6)18(13)5/h7-10,17H,1-6H3/b10-8+. The van der Waals surface area contributed by atoms with Gasteiger partial charge in [0.25, 0.3) is 0 Å². The molecular formula is C16H23N3O2. The molecule has 0 spiro atoms. The fourth-order valence-electron chi connectivity index (χ4n) is 2.20. The Kier molecular flexibility index (Phi) is 3.96. The van der Waals surface area contributed by atoms with Crippen molar-refractivity contribution in [1.82, 2.24) is 5.12 Å². The third-order valence-electron chi connectivity index (χ3n) is 3.36. The third kappa shape index (κ3) is 3.36. The molecule has 0 aliphatic carbocycles. The zero-order valence-corrected chi connectivity index (χ0v) is 13.5. The maximum Gasteiger partial charge on any atom is 0.331 e. The van der Waals surface area contributed by atoms with E-state index in [-0.39, 0.29) is 5.97 Å². The van der Waals surface area contributed by atoms with Gasteiger partial charge in [-0.3, -0.25) is 10.4 Å². The Bertz CT molecular complexity index is 588. The van der Waals surface area contributed by atoms with Crippen molar-refractivity contribution in [2.24, 2.45) is 0 Å². The molecule has 0 amide bonds. The molecule has 1 aromatic rings. The lowest BCUT2D eigenvalue weighted by atomic mass is 10.0. The van der Waals surface area contributed by atoms with E-state index in [1.165, 1.54) is 6.08 Å². The highest BCUT2D eigenvalue weighted by atomic mass is 16.6. The zero-order chi connectivity index (χ0) is 15.8. The molecule has 0 radical (unpaired) electrons. The number of nitrogens with one attached hydrogen (secondary N) is 1. The van der Waals surface area contributed by atoms with E-state index in [0.29, 0.717) is 0 Å². The molecule has 1 aliphatic heterocycles. The number of carbonyl (C=O) groups is 1. The van der Waals surface area contributed by atoms with Gasteiger partial charge in [-0.2, -0.15) is 0 Å². The second-order valence-electron chi connectivity index (χ2n) is 6.20. The number of rotatable bonds is 2. The normalized spacial score (nSPS) is 15.2. The summed E-state index contributed by atoms with van der Waals surface area (Å²) in [6.45, 7) is 7.60. The van der Waals surface area contributed by atoms with E-state index in [2.05, 4.69) is 5.43 Å². The van der Waals surface area contributed by atoms with Gasteiger partial charge in [0.05, 0.1) is 11.4 Å². The number of fused-ring (bicyclic) bond motifs is 1. The fraction of sp³-hybridized carbons (Fsp3) is 0.438. The Hall–Kier alpha value is -2.01. The number of anilines is 2. The molecule has 0 atom stereocenters. The van der Waals surface area contributed by atoms with Crippen LogP contribution < -0.4 is 10.4 Å². The van der Waals surface area contributed by atoms with Crippen molar-refractivity contribution in [2.75, 3.05) is 24.5 Å². The summed E-state index contributed by atoms with van der Waals surface area (Å²) in [5.41, 5.74) is 7.09. The smallest absolute Gasteiger partial charge is 0.331 e. The van der Waals surface area contributed by atoms with Crippen LogP contribution in [0.2, 0.25) is 0 Å². The van der Waals surface area contributed by atoms with Crippen molar-refractivity contribution >= 4 is 23.4 Å². The number of nitrogens with zero attached hydrogens (tertiary/aromatic N) is 2. The second kappa shape index (κ2) is 5.41. The first-order chi connectivity index (χ1) is 9.69. The molecule has 0 bridgehead atoms. The van der Waals surface area contributed by atoms with Crippen LogP contribution in [0.25, 0.3) is 6.08 Å². The molecule has 0 unspecified atom stereocenters. The maximum absolute atomic E-state index is 11.7. The van der Waals surface area contributed by atoms with Crippen molar-refractivity contribution < 1.29 is 9.53 Å². The first-order valence-electron chi connectivity index (χ1n) is 6.98. The number of hydrogen-bond acceptors (Lipinski definition) is 5. The summed E-state index contributed by atoms with van der Waals surface area (Å²) in [5.74, 6) is -0.329. The Morgan fingerprint density at radius 2 is 1.95 bits per heavy atom. The van der Waals surface area contributed by atoms with E-state index >= 15 is 0 Å². The van der Waals surface area contributed by atoms with Gasteiger partial charge in [0, 0.05) is 20.2 Å². The van der Waals surface area contributed by atoms with Gasteiger partial charge in [-0.05, 0) is 51.0 Å². The summed E-state index contributed by atoms with van der Waals surface area (Å²) in [6.07, 6.45) is 3.27. The summed E-state index contributed by atoms with van der Waals surface area (Å²) >= 11 is 0. The molecule has 0 saturated carbocycles. The van der Waals surface area contributed by atoms with E-state index in [0.717, 1.165) is 22.5 Å². The molecule has 21 heavy (non-hydrogen) atoms. The lowest BCUT2D eigenvalue weighted by molar-refractivity contribution is -0.148. The van der Waals surface area contributed by atoms with Gasteiger partial charge in [0.1, 0.15) is 5.60 Å². The molecule has 0 fully saturated rings. The molecule has 1 N–H and O–H groups in total. The third-order valence-corrected chi connectivity index (χ3v) is 3.36. The van der Waals surface area contributed by atoms with E-state index in [4.69, 9.17) is 4.74 Å². The van der Waals surface area contributed by atoms with Crippen LogP contribution in [-0.2, 0) is 9.53 Å². The van der Waals surface area contributed by atoms with Crippen LogP contribution in [0.1, 0.15) is 31.9 Å². The quantitative estimate of drug-likeness (QED) is 0.670. The Labute approximate surface area is 126 Å². The summed E-state index contributed by atoms with van der Waals surface area (Å²) in [7, 11) is 3.95. The number of hydrazine groups is 2. The van der Waals surface area contributed by atoms with Crippen molar-refractivity contribution in [3.05, 3.63) is 29.3 Å². The van der Waals surface area contributed by atoms with Crippen LogP contribution >= 0.6 is 0 Å². The van der Waals surface area contributed by atoms with Gasteiger partial charge in [-0.15, -0.1) is 5.12 Å². The SMILES string of the molecule is Cc1c(/C=C/C(=O)OC(C)(C)C)ccc2c1NN(C)N2C. The lowest BCUT2D eigenvalue weighted by Crippen LogP contribution is -2.34. The Morgan fingerprint density at radius 1 is 1.29 bits per heavy atom.